The van der Waals surface area contributed by atoms with Crippen LogP contribution < -0.4 is 5.56 Å². The first-order valence-corrected chi connectivity index (χ1v) is 8.99. The van der Waals surface area contributed by atoms with Crippen molar-refractivity contribution in [2.45, 2.75) is 17.8 Å². The van der Waals surface area contributed by atoms with E-state index in [1.807, 2.05) is 0 Å². The summed E-state index contributed by atoms with van der Waals surface area (Å²) >= 11 is 2.99. The SMILES string of the molecule is CCSCc1cc(=O)[nH]c(SCC(=O)N2CCOCC2)n1. The Morgan fingerprint density at radius 1 is 1.48 bits per heavy atom. The first-order valence-electron chi connectivity index (χ1n) is 6.85. The van der Waals surface area contributed by atoms with Gasteiger partial charge in [0.25, 0.3) is 5.56 Å². The van der Waals surface area contributed by atoms with E-state index in [1.54, 1.807) is 16.7 Å². The van der Waals surface area contributed by atoms with Crippen LogP contribution in [-0.2, 0) is 15.3 Å². The highest BCUT2D eigenvalue weighted by molar-refractivity contribution is 7.99. The van der Waals surface area contributed by atoms with Crippen molar-refractivity contribution >= 4 is 29.4 Å². The minimum absolute atomic E-state index is 0.0549. The minimum atomic E-state index is -0.168. The molecule has 6 nitrogen and oxygen atoms in total. The average Bonchev–Trinajstić information content (AvgIpc) is 2.51. The highest BCUT2D eigenvalue weighted by atomic mass is 32.2. The van der Waals surface area contributed by atoms with E-state index in [0.29, 0.717) is 37.2 Å². The van der Waals surface area contributed by atoms with E-state index in [1.165, 1.54) is 17.8 Å². The van der Waals surface area contributed by atoms with Gasteiger partial charge in [-0.25, -0.2) is 4.98 Å². The molecule has 0 aromatic carbocycles. The fraction of sp³-hybridized carbons (Fsp3) is 0.615. The Hall–Kier alpha value is -0.990. The topological polar surface area (TPSA) is 75.3 Å². The Kier molecular flexibility index (Phi) is 6.59. The third-order valence-corrected chi connectivity index (χ3v) is 4.69. The normalized spacial score (nSPS) is 15.2. The van der Waals surface area contributed by atoms with Crippen molar-refractivity contribution in [2.24, 2.45) is 0 Å². The van der Waals surface area contributed by atoms with Gasteiger partial charge in [0.2, 0.25) is 5.91 Å². The predicted octanol–water partition coefficient (Wildman–Crippen LogP) is 0.974. The first-order chi connectivity index (χ1) is 10.2. The van der Waals surface area contributed by atoms with Gasteiger partial charge in [0.05, 0.1) is 24.7 Å². The zero-order chi connectivity index (χ0) is 15.1. The van der Waals surface area contributed by atoms with Gasteiger partial charge in [-0.15, -0.1) is 0 Å². The number of thioether (sulfide) groups is 2. The molecule has 1 saturated heterocycles. The molecule has 1 amide bonds. The van der Waals surface area contributed by atoms with Crippen LogP contribution in [-0.4, -0.2) is 58.6 Å². The molecule has 0 unspecified atom stereocenters. The molecule has 1 aliphatic rings. The zero-order valence-electron chi connectivity index (χ0n) is 12.0. The van der Waals surface area contributed by atoms with E-state index < -0.39 is 0 Å². The van der Waals surface area contributed by atoms with Crippen molar-refractivity contribution in [3.63, 3.8) is 0 Å². The first kappa shape index (κ1) is 16.4. The van der Waals surface area contributed by atoms with Gasteiger partial charge < -0.3 is 14.6 Å². The number of hydrogen-bond donors (Lipinski definition) is 1. The Labute approximate surface area is 132 Å². The quantitative estimate of drug-likeness (QED) is 0.619. The van der Waals surface area contributed by atoms with Gasteiger partial charge in [-0.05, 0) is 5.75 Å². The molecule has 1 aromatic heterocycles. The number of aromatic amines is 1. The summed E-state index contributed by atoms with van der Waals surface area (Å²) in [6.45, 7) is 4.52. The van der Waals surface area contributed by atoms with Crippen molar-refractivity contribution in [1.29, 1.82) is 0 Å². The average molecular weight is 329 g/mol. The van der Waals surface area contributed by atoms with Gasteiger partial charge in [-0.1, -0.05) is 18.7 Å². The summed E-state index contributed by atoms with van der Waals surface area (Å²) in [4.78, 5) is 32.5. The summed E-state index contributed by atoms with van der Waals surface area (Å²) in [5.41, 5.74) is 0.588. The summed E-state index contributed by atoms with van der Waals surface area (Å²) in [6, 6.07) is 1.51. The summed E-state index contributed by atoms with van der Waals surface area (Å²) in [6.07, 6.45) is 0. The number of carbonyl (C=O) groups excluding carboxylic acids is 1. The van der Waals surface area contributed by atoms with Crippen LogP contribution >= 0.6 is 23.5 Å². The lowest BCUT2D eigenvalue weighted by Crippen LogP contribution is -2.41. The van der Waals surface area contributed by atoms with Gasteiger partial charge >= 0.3 is 0 Å². The zero-order valence-corrected chi connectivity index (χ0v) is 13.6. The maximum Gasteiger partial charge on any atom is 0.251 e. The number of morpholine rings is 1. The van der Waals surface area contributed by atoms with Crippen molar-refractivity contribution in [2.75, 3.05) is 37.8 Å². The van der Waals surface area contributed by atoms with E-state index in [2.05, 4.69) is 16.9 Å². The minimum Gasteiger partial charge on any atom is -0.378 e. The van der Waals surface area contributed by atoms with Gasteiger partial charge in [-0.2, -0.15) is 11.8 Å². The van der Waals surface area contributed by atoms with Gasteiger partial charge in [0.1, 0.15) is 0 Å². The second-order valence-corrected chi connectivity index (χ2v) is 6.70. The van der Waals surface area contributed by atoms with Gasteiger partial charge in [0, 0.05) is 24.9 Å². The van der Waals surface area contributed by atoms with Crippen molar-refractivity contribution in [3.8, 4) is 0 Å². The number of H-pyrrole nitrogens is 1. The highest BCUT2D eigenvalue weighted by Gasteiger charge is 2.17. The molecule has 8 heteroatoms. The second-order valence-electron chi connectivity index (χ2n) is 4.46. The van der Waals surface area contributed by atoms with Crippen molar-refractivity contribution in [3.05, 3.63) is 22.1 Å². The largest absolute Gasteiger partial charge is 0.378 e. The molecule has 1 fully saturated rings. The van der Waals surface area contributed by atoms with Crippen molar-refractivity contribution < 1.29 is 9.53 Å². The number of hydrogen-bond acceptors (Lipinski definition) is 6. The molecule has 0 radical (unpaired) electrons. The Morgan fingerprint density at radius 3 is 2.95 bits per heavy atom. The summed E-state index contributed by atoms with van der Waals surface area (Å²) in [5, 5.41) is 0.510. The second kappa shape index (κ2) is 8.45. The van der Waals surface area contributed by atoms with E-state index in [9.17, 15) is 9.59 Å². The molecule has 0 bridgehead atoms. The van der Waals surface area contributed by atoms with E-state index in [4.69, 9.17) is 4.74 Å². The van der Waals surface area contributed by atoms with E-state index in [0.717, 1.165) is 11.4 Å². The molecule has 2 rings (SSSR count). The van der Waals surface area contributed by atoms with E-state index in [-0.39, 0.29) is 17.2 Å². The number of ether oxygens (including phenoxy) is 1. The van der Waals surface area contributed by atoms with Gasteiger partial charge in [0.15, 0.2) is 5.16 Å². The fourth-order valence-electron chi connectivity index (χ4n) is 1.87. The number of aromatic nitrogens is 2. The Bertz CT molecular complexity index is 530. The summed E-state index contributed by atoms with van der Waals surface area (Å²) in [7, 11) is 0. The Balaban J connectivity index is 1.91. The van der Waals surface area contributed by atoms with Crippen LogP contribution in [0.3, 0.4) is 0 Å². The molecular weight excluding hydrogens is 310 g/mol. The lowest BCUT2D eigenvalue weighted by Gasteiger charge is -2.26. The van der Waals surface area contributed by atoms with Crippen LogP contribution in [0.1, 0.15) is 12.6 Å². The molecule has 1 aliphatic heterocycles. The third kappa shape index (κ3) is 5.37. The summed E-state index contributed by atoms with van der Waals surface area (Å²) < 4.78 is 5.22. The molecule has 1 N–H and O–H groups in total. The molecule has 0 aliphatic carbocycles. The molecule has 1 aromatic rings. The smallest absolute Gasteiger partial charge is 0.251 e. The van der Waals surface area contributed by atoms with Crippen LogP contribution in [0.15, 0.2) is 16.0 Å². The lowest BCUT2D eigenvalue weighted by atomic mass is 10.4. The molecule has 0 spiro atoms. The van der Waals surface area contributed by atoms with Crippen LogP contribution in [0.4, 0.5) is 0 Å². The van der Waals surface area contributed by atoms with Crippen LogP contribution in [0.25, 0.3) is 0 Å². The van der Waals surface area contributed by atoms with E-state index >= 15 is 0 Å². The predicted molar refractivity (Wildman–Crippen MR) is 84.8 cm³/mol. The maximum atomic E-state index is 12.0. The fourth-order valence-corrected chi connectivity index (χ4v) is 3.23. The summed E-state index contributed by atoms with van der Waals surface area (Å²) in [5.74, 6) is 2.03. The van der Waals surface area contributed by atoms with Crippen LogP contribution in [0, 0.1) is 0 Å². The molecule has 2 heterocycles. The van der Waals surface area contributed by atoms with Crippen molar-refractivity contribution in [1.82, 2.24) is 14.9 Å². The monoisotopic (exact) mass is 329 g/mol. The number of rotatable bonds is 6. The maximum absolute atomic E-state index is 12.0. The molecule has 21 heavy (non-hydrogen) atoms. The van der Waals surface area contributed by atoms with Gasteiger partial charge in [-0.3, -0.25) is 9.59 Å². The number of nitrogens with zero attached hydrogens (tertiary/aromatic N) is 2. The number of carbonyl (C=O) groups is 1. The molecule has 0 atom stereocenters. The Morgan fingerprint density at radius 2 is 2.24 bits per heavy atom. The number of nitrogens with one attached hydrogen (secondary N) is 1. The molecule has 116 valence electrons. The highest BCUT2D eigenvalue weighted by Crippen LogP contribution is 2.15. The standard InChI is InChI=1S/C13H19N3O3S2/c1-2-20-8-10-7-11(17)15-13(14-10)21-9-12(18)16-3-5-19-6-4-16/h7H,2-6,8-9H2,1H3,(H,14,15,17). The van der Waals surface area contributed by atoms with Crippen LogP contribution in [0.5, 0.6) is 0 Å². The lowest BCUT2D eigenvalue weighted by molar-refractivity contribution is -0.132. The third-order valence-electron chi connectivity index (χ3n) is 2.92. The van der Waals surface area contributed by atoms with Crippen LogP contribution in [0.2, 0.25) is 0 Å². The number of amides is 1. The molecular formula is C13H19N3O3S2. The molecule has 0 saturated carbocycles.